The molecule has 0 spiro atoms. The first kappa shape index (κ1) is 13.2. The summed E-state index contributed by atoms with van der Waals surface area (Å²) in [5.74, 6) is 1.42. The molecule has 0 aliphatic carbocycles. The number of benzene rings is 1. The smallest absolute Gasteiger partial charge is 0.315 e. The molecule has 0 heterocycles. The highest BCUT2D eigenvalue weighted by Crippen LogP contribution is 2.24. The van der Waals surface area contributed by atoms with Crippen molar-refractivity contribution in [2.75, 3.05) is 20.8 Å². The molecule has 1 aromatic rings. The predicted octanol–water partition coefficient (Wildman–Crippen LogP) is 1.52. The number of carbonyl (C=O) groups excluding carboxylic acids is 1. The van der Waals surface area contributed by atoms with Crippen LogP contribution in [-0.4, -0.2) is 26.8 Å². The molecule has 0 bridgehead atoms. The molecule has 5 heteroatoms. The summed E-state index contributed by atoms with van der Waals surface area (Å²) in [6.07, 6.45) is 0. The predicted molar refractivity (Wildman–Crippen MR) is 65.5 cm³/mol. The van der Waals surface area contributed by atoms with E-state index in [1.54, 1.807) is 20.3 Å². The summed E-state index contributed by atoms with van der Waals surface area (Å²) in [5, 5.41) is 5.40. The second kappa shape index (κ2) is 6.62. The molecule has 94 valence electrons. The normalized spacial score (nSPS) is 9.59. The van der Waals surface area contributed by atoms with E-state index >= 15 is 0 Å². The van der Waals surface area contributed by atoms with Crippen molar-refractivity contribution < 1.29 is 14.3 Å². The quantitative estimate of drug-likeness (QED) is 0.817. The van der Waals surface area contributed by atoms with Crippen molar-refractivity contribution in [1.29, 1.82) is 0 Å². The van der Waals surface area contributed by atoms with Gasteiger partial charge in [-0.15, -0.1) is 0 Å². The fourth-order valence-corrected chi connectivity index (χ4v) is 1.40. The monoisotopic (exact) mass is 238 g/mol. The summed E-state index contributed by atoms with van der Waals surface area (Å²) >= 11 is 0. The van der Waals surface area contributed by atoms with E-state index in [0.717, 1.165) is 11.3 Å². The van der Waals surface area contributed by atoms with Crippen LogP contribution in [0.4, 0.5) is 4.79 Å². The van der Waals surface area contributed by atoms with E-state index < -0.39 is 0 Å². The van der Waals surface area contributed by atoms with Crippen molar-refractivity contribution in [2.24, 2.45) is 0 Å². The summed E-state index contributed by atoms with van der Waals surface area (Å²) in [5.41, 5.74) is 0.902. The van der Waals surface area contributed by atoms with Crippen molar-refractivity contribution in [3.05, 3.63) is 23.8 Å². The van der Waals surface area contributed by atoms with Crippen LogP contribution in [0.2, 0.25) is 0 Å². The first-order valence-corrected chi connectivity index (χ1v) is 5.43. The third-order valence-corrected chi connectivity index (χ3v) is 2.27. The van der Waals surface area contributed by atoms with Crippen LogP contribution < -0.4 is 20.1 Å². The Labute approximate surface area is 101 Å². The van der Waals surface area contributed by atoms with Crippen LogP contribution in [-0.2, 0) is 6.54 Å². The Morgan fingerprint density at radius 2 is 2.00 bits per heavy atom. The van der Waals surface area contributed by atoms with Crippen molar-refractivity contribution >= 4 is 6.03 Å². The maximum absolute atomic E-state index is 11.3. The van der Waals surface area contributed by atoms with E-state index in [1.165, 1.54) is 0 Å². The number of hydrogen-bond acceptors (Lipinski definition) is 3. The minimum Gasteiger partial charge on any atom is -0.497 e. The lowest BCUT2D eigenvalue weighted by molar-refractivity contribution is 0.241. The molecule has 17 heavy (non-hydrogen) atoms. The Hall–Kier alpha value is -1.91. The highest BCUT2D eigenvalue weighted by Gasteiger charge is 2.06. The van der Waals surface area contributed by atoms with Crippen LogP contribution >= 0.6 is 0 Å². The number of methoxy groups -OCH3 is 2. The third kappa shape index (κ3) is 3.86. The van der Waals surface area contributed by atoms with Crippen LogP contribution in [0, 0.1) is 0 Å². The molecule has 0 radical (unpaired) electrons. The topological polar surface area (TPSA) is 59.6 Å². The maximum atomic E-state index is 11.3. The van der Waals surface area contributed by atoms with E-state index in [-0.39, 0.29) is 6.03 Å². The van der Waals surface area contributed by atoms with Gasteiger partial charge in [-0.2, -0.15) is 0 Å². The van der Waals surface area contributed by atoms with Crippen LogP contribution in [0.15, 0.2) is 18.2 Å². The van der Waals surface area contributed by atoms with Gasteiger partial charge in [-0.3, -0.25) is 0 Å². The van der Waals surface area contributed by atoms with Crippen molar-refractivity contribution in [3.8, 4) is 11.5 Å². The average molecular weight is 238 g/mol. The van der Waals surface area contributed by atoms with Gasteiger partial charge in [0, 0.05) is 24.7 Å². The van der Waals surface area contributed by atoms with Gasteiger partial charge in [0.15, 0.2) is 0 Å². The third-order valence-electron chi connectivity index (χ3n) is 2.27. The number of ether oxygens (including phenoxy) is 2. The van der Waals surface area contributed by atoms with Crippen LogP contribution in [0.5, 0.6) is 11.5 Å². The number of rotatable bonds is 5. The molecule has 0 unspecified atom stereocenters. The van der Waals surface area contributed by atoms with Crippen molar-refractivity contribution in [3.63, 3.8) is 0 Å². The van der Waals surface area contributed by atoms with Gasteiger partial charge in [-0.25, -0.2) is 4.79 Å². The minimum absolute atomic E-state index is 0.189. The van der Waals surface area contributed by atoms with Gasteiger partial charge in [-0.05, 0) is 19.1 Å². The minimum atomic E-state index is -0.189. The SMILES string of the molecule is CCNC(=O)NCc1ccc(OC)cc1OC. The molecule has 1 aromatic carbocycles. The first-order chi connectivity index (χ1) is 8.21. The Balaban J connectivity index is 2.67. The van der Waals surface area contributed by atoms with Gasteiger partial charge in [-0.1, -0.05) is 0 Å². The highest BCUT2D eigenvalue weighted by molar-refractivity contribution is 5.73. The Bertz CT molecular complexity index is 380. The van der Waals surface area contributed by atoms with Gasteiger partial charge < -0.3 is 20.1 Å². The maximum Gasteiger partial charge on any atom is 0.315 e. The zero-order valence-electron chi connectivity index (χ0n) is 10.4. The highest BCUT2D eigenvalue weighted by atomic mass is 16.5. The molecule has 0 fully saturated rings. The lowest BCUT2D eigenvalue weighted by Crippen LogP contribution is -2.34. The second-order valence-electron chi connectivity index (χ2n) is 3.39. The number of carbonyl (C=O) groups is 1. The van der Waals surface area contributed by atoms with Crippen molar-refractivity contribution in [2.45, 2.75) is 13.5 Å². The zero-order valence-corrected chi connectivity index (χ0v) is 10.4. The number of urea groups is 1. The molecule has 0 aliphatic heterocycles. The fraction of sp³-hybridized carbons (Fsp3) is 0.417. The molecule has 0 atom stereocenters. The molecule has 0 saturated heterocycles. The molecule has 5 nitrogen and oxygen atoms in total. The van der Waals surface area contributed by atoms with Gasteiger partial charge >= 0.3 is 6.03 Å². The molecule has 2 N–H and O–H groups in total. The second-order valence-corrected chi connectivity index (χ2v) is 3.39. The van der Waals surface area contributed by atoms with Gasteiger partial charge in [0.05, 0.1) is 14.2 Å². The van der Waals surface area contributed by atoms with Gasteiger partial charge in [0.1, 0.15) is 11.5 Å². The summed E-state index contributed by atoms with van der Waals surface area (Å²) in [7, 11) is 3.19. The standard InChI is InChI=1S/C12H18N2O3/c1-4-13-12(15)14-8-9-5-6-10(16-2)7-11(9)17-3/h5-7H,4,8H2,1-3H3,(H2,13,14,15). The zero-order chi connectivity index (χ0) is 12.7. The van der Waals surface area contributed by atoms with E-state index in [2.05, 4.69) is 10.6 Å². The molecule has 0 aliphatic rings. The average Bonchev–Trinajstić information content (AvgIpc) is 2.36. The summed E-state index contributed by atoms with van der Waals surface area (Å²) in [6.45, 7) is 2.89. The van der Waals surface area contributed by atoms with E-state index in [1.807, 2.05) is 19.1 Å². The van der Waals surface area contributed by atoms with Gasteiger partial charge in [0.2, 0.25) is 0 Å². The number of amides is 2. The van der Waals surface area contributed by atoms with Crippen LogP contribution in [0.1, 0.15) is 12.5 Å². The number of nitrogens with one attached hydrogen (secondary N) is 2. The lowest BCUT2D eigenvalue weighted by Gasteiger charge is -2.11. The molecule has 2 amide bonds. The Morgan fingerprint density at radius 3 is 2.59 bits per heavy atom. The van der Waals surface area contributed by atoms with Crippen molar-refractivity contribution in [1.82, 2.24) is 10.6 Å². The fourth-order valence-electron chi connectivity index (χ4n) is 1.40. The number of hydrogen-bond donors (Lipinski definition) is 2. The van der Waals surface area contributed by atoms with E-state index in [4.69, 9.17) is 9.47 Å². The van der Waals surface area contributed by atoms with Crippen LogP contribution in [0.3, 0.4) is 0 Å². The summed E-state index contributed by atoms with van der Waals surface area (Å²) < 4.78 is 10.3. The summed E-state index contributed by atoms with van der Waals surface area (Å²) in [6, 6.07) is 5.29. The lowest BCUT2D eigenvalue weighted by atomic mass is 10.2. The van der Waals surface area contributed by atoms with Crippen LogP contribution in [0.25, 0.3) is 0 Å². The van der Waals surface area contributed by atoms with E-state index in [0.29, 0.717) is 18.8 Å². The summed E-state index contributed by atoms with van der Waals surface area (Å²) in [4.78, 5) is 11.3. The molecule has 1 rings (SSSR count). The Morgan fingerprint density at radius 1 is 1.24 bits per heavy atom. The molecule has 0 saturated carbocycles. The molecular formula is C12H18N2O3. The Kier molecular flexibility index (Phi) is 5.13. The van der Waals surface area contributed by atoms with E-state index in [9.17, 15) is 4.79 Å². The largest absolute Gasteiger partial charge is 0.497 e. The molecule has 0 aromatic heterocycles. The molecular weight excluding hydrogens is 220 g/mol. The first-order valence-electron chi connectivity index (χ1n) is 5.43. The van der Waals surface area contributed by atoms with Gasteiger partial charge in [0.25, 0.3) is 0 Å².